The highest BCUT2D eigenvalue weighted by molar-refractivity contribution is 5.34. The SMILES string of the molecule is CCCNCc1ccc2c(c1)CCC(C)C2. The first-order chi connectivity index (χ1) is 7.79. The number of fused-ring (bicyclic) bond motifs is 1. The standard InChI is InChI=1S/C15H23N/c1-3-8-16-11-13-5-7-14-9-12(2)4-6-15(14)10-13/h5,7,10,12,16H,3-4,6,8-9,11H2,1-2H3. The van der Waals surface area contributed by atoms with Crippen LogP contribution in [0.2, 0.25) is 0 Å². The maximum atomic E-state index is 3.47. The summed E-state index contributed by atoms with van der Waals surface area (Å²) in [7, 11) is 0. The van der Waals surface area contributed by atoms with Gasteiger partial charge in [0.05, 0.1) is 0 Å². The summed E-state index contributed by atoms with van der Waals surface area (Å²) in [6.07, 6.45) is 5.12. The molecule has 1 aromatic rings. The lowest BCUT2D eigenvalue weighted by atomic mass is 9.84. The van der Waals surface area contributed by atoms with Gasteiger partial charge in [-0.1, -0.05) is 32.0 Å². The lowest BCUT2D eigenvalue weighted by Gasteiger charge is -2.22. The fourth-order valence-corrected chi connectivity index (χ4v) is 2.51. The van der Waals surface area contributed by atoms with Crippen molar-refractivity contribution < 1.29 is 0 Å². The summed E-state index contributed by atoms with van der Waals surface area (Å²) in [6, 6.07) is 7.04. The molecule has 1 heteroatoms. The van der Waals surface area contributed by atoms with Crippen LogP contribution in [-0.4, -0.2) is 6.54 Å². The van der Waals surface area contributed by atoms with Crippen LogP contribution >= 0.6 is 0 Å². The number of aryl methyl sites for hydroxylation is 1. The first-order valence-electron chi connectivity index (χ1n) is 6.61. The highest BCUT2D eigenvalue weighted by Crippen LogP contribution is 2.25. The van der Waals surface area contributed by atoms with Crippen LogP contribution < -0.4 is 5.32 Å². The van der Waals surface area contributed by atoms with Crippen LogP contribution in [-0.2, 0) is 19.4 Å². The van der Waals surface area contributed by atoms with Crippen molar-refractivity contribution in [3.8, 4) is 0 Å². The molecule has 0 spiro atoms. The fraction of sp³-hybridized carbons (Fsp3) is 0.600. The Morgan fingerprint density at radius 1 is 1.31 bits per heavy atom. The first kappa shape index (κ1) is 11.7. The van der Waals surface area contributed by atoms with Gasteiger partial charge in [0.25, 0.3) is 0 Å². The van der Waals surface area contributed by atoms with E-state index >= 15 is 0 Å². The summed E-state index contributed by atoms with van der Waals surface area (Å²) in [6.45, 7) is 6.71. The third-order valence-corrected chi connectivity index (χ3v) is 3.50. The summed E-state index contributed by atoms with van der Waals surface area (Å²) in [5, 5.41) is 3.47. The molecule has 1 aliphatic carbocycles. The molecule has 88 valence electrons. The van der Waals surface area contributed by atoms with Gasteiger partial charge in [-0.15, -0.1) is 0 Å². The van der Waals surface area contributed by atoms with Crippen LogP contribution in [0.15, 0.2) is 18.2 Å². The molecule has 0 radical (unpaired) electrons. The van der Waals surface area contributed by atoms with Crippen LogP contribution in [0, 0.1) is 5.92 Å². The zero-order chi connectivity index (χ0) is 11.4. The maximum Gasteiger partial charge on any atom is 0.0205 e. The molecule has 0 aromatic heterocycles. The minimum absolute atomic E-state index is 0.872. The number of rotatable bonds is 4. The molecular formula is C15H23N. The third-order valence-electron chi connectivity index (χ3n) is 3.50. The molecule has 1 aromatic carbocycles. The Labute approximate surface area is 99.3 Å². The van der Waals surface area contributed by atoms with Crippen molar-refractivity contribution >= 4 is 0 Å². The van der Waals surface area contributed by atoms with E-state index in [0.717, 1.165) is 19.0 Å². The average molecular weight is 217 g/mol. The topological polar surface area (TPSA) is 12.0 Å². The Kier molecular flexibility index (Phi) is 4.00. The molecule has 1 unspecified atom stereocenters. The van der Waals surface area contributed by atoms with Gasteiger partial charge in [-0.2, -0.15) is 0 Å². The van der Waals surface area contributed by atoms with Gasteiger partial charge in [-0.3, -0.25) is 0 Å². The lowest BCUT2D eigenvalue weighted by Crippen LogP contribution is -2.15. The number of nitrogens with one attached hydrogen (secondary N) is 1. The van der Waals surface area contributed by atoms with Crippen molar-refractivity contribution in [2.24, 2.45) is 5.92 Å². The van der Waals surface area contributed by atoms with Crippen molar-refractivity contribution in [1.82, 2.24) is 5.32 Å². The molecule has 2 rings (SSSR count). The van der Waals surface area contributed by atoms with Gasteiger partial charge in [0.1, 0.15) is 0 Å². The average Bonchev–Trinajstić information content (AvgIpc) is 2.29. The van der Waals surface area contributed by atoms with Crippen molar-refractivity contribution in [2.75, 3.05) is 6.54 Å². The van der Waals surface area contributed by atoms with Gasteiger partial charge in [-0.25, -0.2) is 0 Å². The minimum Gasteiger partial charge on any atom is -0.313 e. The monoisotopic (exact) mass is 217 g/mol. The summed E-state index contributed by atoms with van der Waals surface area (Å²) < 4.78 is 0. The van der Waals surface area contributed by atoms with Gasteiger partial charge in [0.2, 0.25) is 0 Å². The molecule has 1 aliphatic rings. The van der Waals surface area contributed by atoms with E-state index in [4.69, 9.17) is 0 Å². The Bertz CT molecular complexity index is 343. The Hall–Kier alpha value is -0.820. The van der Waals surface area contributed by atoms with Gasteiger partial charge in [0, 0.05) is 6.54 Å². The van der Waals surface area contributed by atoms with E-state index in [1.54, 1.807) is 11.1 Å². The van der Waals surface area contributed by atoms with E-state index in [9.17, 15) is 0 Å². The summed E-state index contributed by atoms with van der Waals surface area (Å²) >= 11 is 0. The van der Waals surface area contributed by atoms with E-state index in [1.807, 2.05) is 0 Å². The van der Waals surface area contributed by atoms with Gasteiger partial charge < -0.3 is 5.32 Å². The molecule has 0 aliphatic heterocycles. The molecule has 0 bridgehead atoms. The molecule has 0 saturated heterocycles. The van der Waals surface area contributed by atoms with Crippen LogP contribution in [0.1, 0.15) is 43.4 Å². The van der Waals surface area contributed by atoms with Crippen LogP contribution in [0.25, 0.3) is 0 Å². The molecule has 0 heterocycles. The van der Waals surface area contributed by atoms with Crippen molar-refractivity contribution in [2.45, 2.75) is 46.1 Å². The summed E-state index contributed by atoms with van der Waals surface area (Å²) in [5.74, 6) is 0.872. The van der Waals surface area contributed by atoms with Gasteiger partial charge in [0.15, 0.2) is 0 Å². The largest absolute Gasteiger partial charge is 0.313 e. The molecule has 16 heavy (non-hydrogen) atoms. The van der Waals surface area contributed by atoms with E-state index in [2.05, 4.69) is 37.4 Å². The molecule has 1 nitrogen and oxygen atoms in total. The Morgan fingerprint density at radius 2 is 2.19 bits per heavy atom. The normalized spacial score (nSPS) is 19.5. The summed E-state index contributed by atoms with van der Waals surface area (Å²) in [4.78, 5) is 0. The molecule has 1 N–H and O–H groups in total. The fourth-order valence-electron chi connectivity index (χ4n) is 2.51. The van der Waals surface area contributed by atoms with Crippen LogP contribution in [0.5, 0.6) is 0 Å². The Morgan fingerprint density at radius 3 is 3.00 bits per heavy atom. The zero-order valence-electron chi connectivity index (χ0n) is 10.6. The molecule has 0 saturated carbocycles. The predicted octanol–water partition coefficient (Wildman–Crippen LogP) is 3.31. The minimum atomic E-state index is 0.872. The predicted molar refractivity (Wildman–Crippen MR) is 69.6 cm³/mol. The van der Waals surface area contributed by atoms with Crippen LogP contribution in [0.3, 0.4) is 0 Å². The lowest BCUT2D eigenvalue weighted by molar-refractivity contribution is 0.500. The smallest absolute Gasteiger partial charge is 0.0205 e. The van der Waals surface area contributed by atoms with Crippen LogP contribution in [0.4, 0.5) is 0 Å². The van der Waals surface area contributed by atoms with Crippen molar-refractivity contribution in [3.05, 3.63) is 34.9 Å². The number of hydrogen-bond acceptors (Lipinski definition) is 1. The molecule has 0 amide bonds. The highest BCUT2D eigenvalue weighted by atomic mass is 14.8. The zero-order valence-corrected chi connectivity index (χ0v) is 10.6. The second-order valence-electron chi connectivity index (χ2n) is 5.13. The van der Waals surface area contributed by atoms with E-state index in [1.165, 1.54) is 31.2 Å². The van der Waals surface area contributed by atoms with Gasteiger partial charge >= 0.3 is 0 Å². The molecular weight excluding hydrogens is 194 g/mol. The maximum absolute atomic E-state index is 3.47. The number of hydrogen-bond donors (Lipinski definition) is 1. The third kappa shape index (κ3) is 2.85. The first-order valence-corrected chi connectivity index (χ1v) is 6.61. The van der Waals surface area contributed by atoms with Gasteiger partial charge in [-0.05, 0) is 54.8 Å². The number of benzene rings is 1. The summed E-state index contributed by atoms with van der Waals surface area (Å²) in [5.41, 5.74) is 4.62. The van der Waals surface area contributed by atoms with Crippen molar-refractivity contribution in [1.29, 1.82) is 0 Å². The van der Waals surface area contributed by atoms with E-state index in [0.29, 0.717) is 0 Å². The molecule has 1 atom stereocenters. The Balaban J connectivity index is 2.02. The van der Waals surface area contributed by atoms with E-state index in [-0.39, 0.29) is 0 Å². The highest BCUT2D eigenvalue weighted by Gasteiger charge is 2.14. The van der Waals surface area contributed by atoms with Crippen molar-refractivity contribution in [3.63, 3.8) is 0 Å². The second kappa shape index (κ2) is 5.49. The molecule has 0 fully saturated rings. The quantitative estimate of drug-likeness (QED) is 0.763. The van der Waals surface area contributed by atoms with E-state index < -0.39 is 0 Å². The second-order valence-corrected chi connectivity index (χ2v) is 5.13.